The minimum absolute atomic E-state index is 0.319. The molecule has 0 saturated heterocycles. The summed E-state index contributed by atoms with van der Waals surface area (Å²) in [6.07, 6.45) is 3.66. The number of hydrogen-bond donors (Lipinski definition) is 1. The maximum Gasteiger partial charge on any atom is 0.348 e. The maximum atomic E-state index is 12.1. The average molecular weight is 345 g/mol. The molecule has 3 rings (SSSR count). The van der Waals surface area contributed by atoms with Crippen LogP contribution in [0.15, 0.2) is 12.4 Å². The van der Waals surface area contributed by atoms with Crippen LogP contribution in [0.2, 0.25) is 0 Å². The number of carbonyl (C=O) groups is 1. The molecule has 0 atom stereocenters. The maximum absolute atomic E-state index is 12.1. The molecule has 3 heterocycles. The van der Waals surface area contributed by atoms with Gasteiger partial charge in [0.2, 0.25) is 0 Å². The molecule has 0 aliphatic rings. The first-order valence-electron chi connectivity index (χ1n) is 7.77. The van der Waals surface area contributed by atoms with Crippen molar-refractivity contribution in [1.82, 2.24) is 19.7 Å². The van der Waals surface area contributed by atoms with Crippen LogP contribution in [0.3, 0.4) is 0 Å². The van der Waals surface area contributed by atoms with Crippen molar-refractivity contribution in [1.29, 1.82) is 0 Å². The predicted octanol–water partition coefficient (Wildman–Crippen LogP) is 3.44. The summed E-state index contributed by atoms with van der Waals surface area (Å²) in [5.41, 5.74) is 1.68. The zero-order valence-corrected chi connectivity index (χ0v) is 14.9. The Labute approximate surface area is 143 Å². The van der Waals surface area contributed by atoms with Gasteiger partial charge in [0.05, 0.1) is 23.9 Å². The largest absolute Gasteiger partial charge is 0.462 e. The van der Waals surface area contributed by atoms with Crippen LogP contribution < -0.4 is 5.32 Å². The molecule has 0 spiro atoms. The van der Waals surface area contributed by atoms with Gasteiger partial charge in [-0.2, -0.15) is 5.10 Å². The zero-order valence-electron chi connectivity index (χ0n) is 14.1. The Morgan fingerprint density at radius 2 is 2.12 bits per heavy atom. The number of anilines is 2. The molecule has 0 aliphatic heterocycles. The van der Waals surface area contributed by atoms with E-state index in [4.69, 9.17) is 4.74 Å². The van der Waals surface area contributed by atoms with E-state index < -0.39 is 0 Å². The molecule has 0 radical (unpaired) electrons. The van der Waals surface area contributed by atoms with Crippen LogP contribution in [0.25, 0.3) is 10.2 Å². The molecular formula is C16H19N5O2S. The Bertz CT molecular complexity index is 899. The molecule has 0 bridgehead atoms. The number of rotatable bonds is 5. The van der Waals surface area contributed by atoms with Gasteiger partial charge in [0.25, 0.3) is 0 Å². The van der Waals surface area contributed by atoms with E-state index in [0.29, 0.717) is 23.1 Å². The first-order chi connectivity index (χ1) is 11.5. The van der Waals surface area contributed by atoms with E-state index in [1.165, 1.54) is 11.3 Å². The minimum Gasteiger partial charge on any atom is -0.462 e. The van der Waals surface area contributed by atoms with Crippen LogP contribution in [0.5, 0.6) is 0 Å². The molecule has 0 unspecified atom stereocenters. The Balaban J connectivity index is 2.08. The van der Waals surface area contributed by atoms with Gasteiger partial charge >= 0.3 is 5.97 Å². The van der Waals surface area contributed by atoms with E-state index in [0.717, 1.165) is 28.0 Å². The number of aryl methyl sites for hydroxylation is 3. The number of ether oxygens (including phenoxy) is 1. The van der Waals surface area contributed by atoms with Crippen molar-refractivity contribution in [2.24, 2.45) is 0 Å². The molecule has 0 saturated carbocycles. The molecule has 24 heavy (non-hydrogen) atoms. The van der Waals surface area contributed by atoms with Gasteiger partial charge in [-0.15, -0.1) is 11.3 Å². The van der Waals surface area contributed by atoms with Gasteiger partial charge in [-0.25, -0.2) is 14.8 Å². The van der Waals surface area contributed by atoms with Crippen LogP contribution >= 0.6 is 11.3 Å². The summed E-state index contributed by atoms with van der Waals surface area (Å²) in [5.74, 6) is 1.00. The van der Waals surface area contributed by atoms with Crippen LogP contribution in [0, 0.1) is 13.8 Å². The SMILES string of the molecule is CCOC(=O)c1sc2nc(C)nc(Nc3cnn(CC)c3)c2c1C. The normalized spacial score (nSPS) is 11.0. The van der Waals surface area contributed by atoms with Gasteiger partial charge in [0.15, 0.2) is 0 Å². The van der Waals surface area contributed by atoms with Crippen molar-refractivity contribution in [3.63, 3.8) is 0 Å². The molecule has 1 N–H and O–H groups in total. The lowest BCUT2D eigenvalue weighted by atomic mass is 10.2. The lowest BCUT2D eigenvalue weighted by Gasteiger charge is -2.06. The second-order valence-electron chi connectivity index (χ2n) is 5.29. The Morgan fingerprint density at radius 1 is 1.33 bits per heavy atom. The minimum atomic E-state index is -0.319. The Morgan fingerprint density at radius 3 is 2.79 bits per heavy atom. The van der Waals surface area contributed by atoms with E-state index in [9.17, 15) is 4.79 Å². The molecule has 7 nitrogen and oxygen atoms in total. The van der Waals surface area contributed by atoms with E-state index in [1.54, 1.807) is 13.1 Å². The first kappa shape index (κ1) is 16.4. The van der Waals surface area contributed by atoms with Crippen molar-refractivity contribution in [2.75, 3.05) is 11.9 Å². The molecular weight excluding hydrogens is 326 g/mol. The summed E-state index contributed by atoms with van der Waals surface area (Å²) < 4.78 is 6.97. The molecule has 0 fully saturated rings. The highest BCUT2D eigenvalue weighted by molar-refractivity contribution is 7.20. The number of aromatic nitrogens is 4. The first-order valence-corrected chi connectivity index (χ1v) is 8.59. The number of carbonyl (C=O) groups excluding carboxylic acids is 1. The zero-order chi connectivity index (χ0) is 17.3. The molecule has 8 heteroatoms. The summed E-state index contributed by atoms with van der Waals surface area (Å²) in [7, 11) is 0. The van der Waals surface area contributed by atoms with E-state index in [1.807, 2.05) is 31.6 Å². The van der Waals surface area contributed by atoms with Crippen molar-refractivity contribution in [2.45, 2.75) is 34.2 Å². The number of esters is 1. The predicted molar refractivity (Wildman–Crippen MR) is 94.0 cm³/mol. The van der Waals surface area contributed by atoms with Crippen molar-refractivity contribution >= 4 is 39.0 Å². The third-order valence-electron chi connectivity index (χ3n) is 3.58. The van der Waals surface area contributed by atoms with Gasteiger partial charge in [-0.05, 0) is 33.3 Å². The smallest absolute Gasteiger partial charge is 0.348 e. The molecule has 0 amide bonds. The second kappa shape index (κ2) is 6.56. The Kier molecular flexibility index (Phi) is 4.48. The van der Waals surface area contributed by atoms with Crippen molar-refractivity contribution in [3.05, 3.63) is 28.7 Å². The standard InChI is InChI=1S/C16H19N5O2S/c1-5-21-8-11(7-17-21)20-14-12-9(3)13(16(22)23-6-2)24-15(12)19-10(4)18-14/h7-8H,5-6H2,1-4H3,(H,18,19,20). The Hall–Kier alpha value is -2.48. The lowest BCUT2D eigenvalue weighted by molar-refractivity contribution is 0.0531. The van der Waals surface area contributed by atoms with Gasteiger partial charge < -0.3 is 10.1 Å². The number of thiophene rings is 1. The summed E-state index contributed by atoms with van der Waals surface area (Å²) in [6.45, 7) is 8.69. The fourth-order valence-electron chi connectivity index (χ4n) is 2.47. The number of nitrogens with zero attached hydrogens (tertiary/aromatic N) is 4. The van der Waals surface area contributed by atoms with Gasteiger partial charge in [0, 0.05) is 12.7 Å². The van der Waals surface area contributed by atoms with Gasteiger partial charge in [-0.3, -0.25) is 4.68 Å². The van der Waals surface area contributed by atoms with Crippen LogP contribution in [0.1, 0.15) is 34.9 Å². The molecule has 3 aromatic heterocycles. The third kappa shape index (κ3) is 2.96. The highest BCUT2D eigenvalue weighted by Gasteiger charge is 2.21. The van der Waals surface area contributed by atoms with Crippen LogP contribution in [-0.4, -0.2) is 32.3 Å². The third-order valence-corrected chi connectivity index (χ3v) is 4.75. The lowest BCUT2D eigenvalue weighted by Crippen LogP contribution is -2.03. The summed E-state index contributed by atoms with van der Waals surface area (Å²) in [6, 6.07) is 0. The number of nitrogens with one attached hydrogen (secondary N) is 1. The molecule has 3 aromatic rings. The molecule has 0 aromatic carbocycles. The molecule has 126 valence electrons. The van der Waals surface area contributed by atoms with Gasteiger partial charge in [-0.1, -0.05) is 0 Å². The average Bonchev–Trinajstić information content (AvgIpc) is 3.12. The quantitative estimate of drug-likeness (QED) is 0.713. The topological polar surface area (TPSA) is 81.9 Å². The van der Waals surface area contributed by atoms with Crippen LogP contribution in [-0.2, 0) is 11.3 Å². The summed E-state index contributed by atoms with van der Waals surface area (Å²) >= 11 is 1.33. The second-order valence-corrected chi connectivity index (χ2v) is 6.29. The number of hydrogen-bond acceptors (Lipinski definition) is 7. The van der Waals surface area contributed by atoms with Crippen molar-refractivity contribution < 1.29 is 9.53 Å². The van der Waals surface area contributed by atoms with Crippen molar-refractivity contribution in [3.8, 4) is 0 Å². The highest BCUT2D eigenvalue weighted by Crippen LogP contribution is 2.35. The number of fused-ring (bicyclic) bond motifs is 1. The van der Waals surface area contributed by atoms with E-state index in [-0.39, 0.29) is 5.97 Å². The summed E-state index contributed by atoms with van der Waals surface area (Å²) in [5, 5.41) is 8.39. The monoisotopic (exact) mass is 345 g/mol. The van der Waals surface area contributed by atoms with E-state index in [2.05, 4.69) is 20.4 Å². The van der Waals surface area contributed by atoms with Crippen LogP contribution in [0.4, 0.5) is 11.5 Å². The fraction of sp³-hybridized carbons (Fsp3) is 0.375. The highest BCUT2D eigenvalue weighted by atomic mass is 32.1. The molecule has 0 aliphatic carbocycles. The van der Waals surface area contributed by atoms with E-state index >= 15 is 0 Å². The fourth-order valence-corrected chi connectivity index (χ4v) is 3.59. The van der Waals surface area contributed by atoms with Gasteiger partial charge in [0.1, 0.15) is 21.3 Å². The summed E-state index contributed by atoms with van der Waals surface area (Å²) in [4.78, 5) is 22.4.